The molecule has 6 heteroatoms. The fraction of sp³-hybridized carbons (Fsp3) is 1.00. The van der Waals surface area contributed by atoms with E-state index in [0.29, 0.717) is 0 Å². The molecule has 0 atom stereocenters. The van der Waals surface area contributed by atoms with Gasteiger partial charge < -0.3 is 10.2 Å². The van der Waals surface area contributed by atoms with E-state index in [4.69, 9.17) is 25.8 Å². The molecule has 0 radical (unpaired) electrons. The molecule has 0 rings (SSSR count). The first-order chi connectivity index (χ1) is 3.42. The van der Waals surface area contributed by atoms with Crippen molar-refractivity contribution in [3.05, 3.63) is 0 Å². The molecule has 0 saturated heterocycles. The van der Waals surface area contributed by atoms with E-state index in [-0.39, 0.29) is 0 Å². The predicted octanol–water partition coefficient (Wildman–Crippen LogP) is -1.72. The molecule has 0 amide bonds. The summed E-state index contributed by atoms with van der Waals surface area (Å²) in [7, 11) is 0. The highest BCUT2D eigenvalue weighted by molar-refractivity contribution is 4.21. The van der Waals surface area contributed by atoms with Crippen LogP contribution in [0.5, 0.6) is 0 Å². The lowest BCUT2D eigenvalue weighted by atomic mass is 10.6. The van der Waals surface area contributed by atoms with Gasteiger partial charge in [-0.05, 0) is 0 Å². The van der Waals surface area contributed by atoms with E-state index in [0.717, 1.165) is 0 Å². The van der Waals surface area contributed by atoms with Crippen molar-refractivity contribution in [2.75, 3.05) is 6.54 Å². The Balaban J connectivity index is 3.39. The summed E-state index contributed by atoms with van der Waals surface area (Å²) in [6.45, 7) is -0.958. The van der Waals surface area contributed by atoms with Crippen molar-refractivity contribution in [3.8, 4) is 0 Å². The Morgan fingerprint density at radius 1 is 1.12 bits per heavy atom. The fourth-order valence-corrected chi connectivity index (χ4v) is 0.219. The molecule has 5 N–H and O–H groups in total. The van der Waals surface area contributed by atoms with Crippen LogP contribution in [0, 0.1) is 0 Å². The number of aliphatic hydroxyl groups excluding tert-OH is 1. The van der Waals surface area contributed by atoms with E-state index in [1.54, 1.807) is 0 Å². The van der Waals surface area contributed by atoms with Gasteiger partial charge in [0.15, 0.2) is 0 Å². The van der Waals surface area contributed by atoms with Crippen molar-refractivity contribution in [3.63, 3.8) is 0 Å². The van der Waals surface area contributed by atoms with Crippen LogP contribution < -0.4 is 0 Å². The number of aliphatic hydroxyl groups is 2. The van der Waals surface area contributed by atoms with Crippen molar-refractivity contribution < 1.29 is 30.8 Å². The number of nitrogens with zero attached hydrogens (tertiary/aromatic N) is 1. The maximum atomic E-state index is 7.95. The smallest absolute Gasteiger partial charge is 0.227 e. The van der Waals surface area contributed by atoms with Crippen LogP contribution in [-0.4, -0.2) is 43.6 Å². The highest BCUT2D eigenvalue weighted by Crippen LogP contribution is 1.88. The lowest BCUT2D eigenvalue weighted by molar-refractivity contribution is -1.37. The van der Waals surface area contributed by atoms with Gasteiger partial charge in [-0.25, -0.2) is 0 Å². The highest BCUT2D eigenvalue weighted by atomic mass is 17.1. The molecule has 8 heavy (non-hydrogen) atoms. The Bertz CT molecular complexity index is 65.3. The van der Waals surface area contributed by atoms with Gasteiger partial charge in [0.2, 0.25) is 12.8 Å². The van der Waals surface area contributed by atoms with E-state index in [1.165, 1.54) is 0 Å². The average Bonchev–Trinajstić information content (AvgIpc) is 1.21. The minimum Gasteiger partial charge on any atom is -0.363 e. The molecular formula is C2H8NO5+. The number of rotatable bonds is 2. The van der Waals surface area contributed by atoms with Crippen LogP contribution in [0.3, 0.4) is 0 Å². The van der Waals surface area contributed by atoms with Gasteiger partial charge in [-0.1, -0.05) is 0 Å². The third-order valence-electron chi connectivity index (χ3n) is 0.408. The quantitative estimate of drug-likeness (QED) is 0.172. The first kappa shape index (κ1) is 7.76. The molecule has 0 bridgehead atoms. The van der Waals surface area contributed by atoms with Crippen LogP contribution in [-0.2, 0) is 0 Å². The molecule has 0 saturated carbocycles. The SMILES string of the molecule is OC(O)C[N+](O)(O)O. The maximum absolute atomic E-state index is 7.95. The minimum absolute atomic E-state index is 0.958. The lowest BCUT2D eigenvalue weighted by Crippen LogP contribution is -2.43. The second-order valence-electron chi connectivity index (χ2n) is 1.36. The molecule has 0 aromatic heterocycles. The Morgan fingerprint density at radius 3 is 1.50 bits per heavy atom. The van der Waals surface area contributed by atoms with Crippen LogP contribution in [0.2, 0.25) is 0 Å². The summed E-state index contributed by atoms with van der Waals surface area (Å²) < 4.78 is 0. The Morgan fingerprint density at radius 2 is 1.50 bits per heavy atom. The Kier molecular flexibility index (Phi) is 2.28. The Hall–Kier alpha value is -0.240. The third kappa shape index (κ3) is 5.76. The van der Waals surface area contributed by atoms with Crippen molar-refractivity contribution in [2.45, 2.75) is 6.29 Å². The zero-order valence-corrected chi connectivity index (χ0v) is 3.97. The van der Waals surface area contributed by atoms with Crippen LogP contribution in [0.4, 0.5) is 0 Å². The number of quaternary nitrogens is 1. The summed E-state index contributed by atoms with van der Waals surface area (Å²) in [6.07, 6.45) is -1.94. The second kappa shape index (κ2) is 2.35. The second-order valence-corrected chi connectivity index (χ2v) is 1.36. The lowest BCUT2D eigenvalue weighted by Gasteiger charge is -2.11. The normalized spacial score (nSPS) is 12.8. The topological polar surface area (TPSA) is 101 Å². The maximum Gasteiger partial charge on any atom is 0.227 e. The van der Waals surface area contributed by atoms with E-state index >= 15 is 0 Å². The van der Waals surface area contributed by atoms with Gasteiger partial charge >= 0.3 is 0 Å². The van der Waals surface area contributed by atoms with Gasteiger partial charge in [0, 0.05) is 0 Å². The highest BCUT2D eigenvalue weighted by Gasteiger charge is 2.22. The monoisotopic (exact) mass is 126 g/mol. The molecule has 50 valence electrons. The third-order valence-corrected chi connectivity index (χ3v) is 0.408. The molecular weight excluding hydrogens is 118 g/mol. The zero-order valence-electron chi connectivity index (χ0n) is 3.97. The fourth-order valence-electron chi connectivity index (χ4n) is 0.219. The van der Waals surface area contributed by atoms with Gasteiger partial charge in [0.1, 0.15) is 0 Å². The molecule has 0 aromatic rings. The largest absolute Gasteiger partial charge is 0.363 e. The van der Waals surface area contributed by atoms with Crippen molar-refractivity contribution in [1.29, 1.82) is 0 Å². The first-order valence-electron chi connectivity index (χ1n) is 1.84. The average molecular weight is 126 g/mol. The van der Waals surface area contributed by atoms with Gasteiger partial charge in [-0.15, -0.1) is 15.6 Å². The van der Waals surface area contributed by atoms with Gasteiger partial charge in [0.05, 0.1) is 4.97 Å². The Labute approximate surface area is 44.9 Å². The number of hydrogen-bond acceptors (Lipinski definition) is 5. The number of hydrogen-bond donors (Lipinski definition) is 5. The first-order valence-corrected chi connectivity index (χ1v) is 1.84. The summed E-state index contributed by atoms with van der Waals surface area (Å²) in [4.78, 5) is -2.42. The number of hydroxylamine groups is 3. The molecule has 0 unspecified atom stereocenters. The predicted molar refractivity (Wildman–Crippen MR) is 18.7 cm³/mol. The summed E-state index contributed by atoms with van der Waals surface area (Å²) >= 11 is 0. The summed E-state index contributed by atoms with van der Waals surface area (Å²) in [6, 6.07) is 0. The molecule has 0 fully saturated rings. The summed E-state index contributed by atoms with van der Waals surface area (Å²) in [5, 5.41) is 39.6. The zero-order chi connectivity index (χ0) is 6.78. The minimum atomic E-state index is -2.42. The van der Waals surface area contributed by atoms with Crippen LogP contribution >= 0.6 is 0 Å². The van der Waals surface area contributed by atoms with Crippen LogP contribution in [0.25, 0.3) is 0 Å². The van der Waals surface area contributed by atoms with Gasteiger partial charge in [0.25, 0.3) is 0 Å². The van der Waals surface area contributed by atoms with E-state index < -0.39 is 17.8 Å². The van der Waals surface area contributed by atoms with Gasteiger partial charge in [-0.3, -0.25) is 0 Å². The molecule has 0 heterocycles. The molecule has 0 aliphatic heterocycles. The molecule has 0 spiro atoms. The molecule has 0 aromatic carbocycles. The van der Waals surface area contributed by atoms with Crippen LogP contribution in [0.15, 0.2) is 0 Å². The summed E-state index contributed by atoms with van der Waals surface area (Å²) in [5.41, 5.74) is 0. The summed E-state index contributed by atoms with van der Waals surface area (Å²) in [5.74, 6) is 0. The van der Waals surface area contributed by atoms with E-state index in [2.05, 4.69) is 0 Å². The van der Waals surface area contributed by atoms with Crippen LogP contribution in [0.1, 0.15) is 0 Å². The molecule has 0 aliphatic carbocycles. The van der Waals surface area contributed by atoms with E-state index in [9.17, 15) is 0 Å². The van der Waals surface area contributed by atoms with Crippen molar-refractivity contribution in [1.82, 2.24) is 0 Å². The van der Waals surface area contributed by atoms with Gasteiger partial charge in [-0.2, -0.15) is 0 Å². The van der Waals surface area contributed by atoms with Crippen molar-refractivity contribution >= 4 is 0 Å². The molecule has 6 nitrogen and oxygen atoms in total. The standard InChI is InChI=1S/C2H8NO5/c4-2(5)1-3(6,7)8/h2,4-8H,1H2/q+1. The molecule has 0 aliphatic rings. The van der Waals surface area contributed by atoms with E-state index in [1.807, 2.05) is 0 Å². The van der Waals surface area contributed by atoms with Crippen molar-refractivity contribution in [2.24, 2.45) is 0 Å².